The van der Waals surface area contributed by atoms with Gasteiger partial charge in [0.1, 0.15) is 0 Å². The van der Waals surface area contributed by atoms with Crippen LogP contribution in [0.5, 0.6) is 0 Å². The van der Waals surface area contributed by atoms with E-state index in [0.717, 1.165) is 19.3 Å². The van der Waals surface area contributed by atoms with Gasteiger partial charge in [-0.1, -0.05) is 45.4 Å². The van der Waals surface area contributed by atoms with E-state index in [9.17, 15) is 9.90 Å². The van der Waals surface area contributed by atoms with E-state index in [-0.39, 0.29) is 0 Å². The van der Waals surface area contributed by atoms with Crippen LogP contribution in [0.3, 0.4) is 0 Å². The Hall–Kier alpha value is -1.01. The Labute approximate surface area is 124 Å². The molecule has 0 spiro atoms. The lowest BCUT2D eigenvalue weighted by Crippen LogP contribution is -2.21. The molecule has 0 aromatic heterocycles. The lowest BCUT2D eigenvalue weighted by atomic mass is 10.1. The van der Waals surface area contributed by atoms with Gasteiger partial charge in [0.15, 0.2) is 6.10 Å². The molecular formula is C17H30O3. The van der Waals surface area contributed by atoms with Crippen LogP contribution in [0.4, 0.5) is 0 Å². The number of esters is 1. The Morgan fingerprint density at radius 3 is 2.15 bits per heavy atom. The predicted molar refractivity (Wildman–Crippen MR) is 82.3 cm³/mol. The molecule has 20 heavy (non-hydrogen) atoms. The molecule has 1 unspecified atom stereocenters. The normalized spacial score (nSPS) is 11.6. The maximum atomic E-state index is 10.9. The molecule has 0 aromatic rings. The summed E-state index contributed by atoms with van der Waals surface area (Å²) in [6.07, 6.45) is 11.0. The number of hydrogen-bond acceptors (Lipinski definition) is 3. The SMILES string of the molecule is CCCCCCCCCC#CCCCC(O)C(=O)OC. The largest absolute Gasteiger partial charge is 0.467 e. The Morgan fingerprint density at radius 1 is 1.00 bits per heavy atom. The quantitative estimate of drug-likeness (QED) is 0.356. The van der Waals surface area contributed by atoms with Crippen LogP contribution in [-0.2, 0) is 9.53 Å². The Balaban J connectivity index is 3.31. The zero-order chi connectivity index (χ0) is 15.1. The molecule has 0 fully saturated rings. The van der Waals surface area contributed by atoms with E-state index in [2.05, 4.69) is 23.5 Å². The number of hydrogen-bond donors (Lipinski definition) is 1. The van der Waals surface area contributed by atoms with Gasteiger partial charge < -0.3 is 9.84 Å². The van der Waals surface area contributed by atoms with Gasteiger partial charge >= 0.3 is 5.97 Å². The summed E-state index contributed by atoms with van der Waals surface area (Å²) in [6, 6.07) is 0. The molecule has 0 aromatic carbocycles. The first kappa shape index (κ1) is 19.0. The van der Waals surface area contributed by atoms with Crippen LogP contribution < -0.4 is 0 Å². The number of ether oxygens (including phenoxy) is 1. The molecular weight excluding hydrogens is 252 g/mol. The van der Waals surface area contributed by atoms with E-state index in [1.807, 2.05) is 0 Å². The van der Waals surface area contributed by atoms with Crippen LogP contribution in [-0.4, -0.2) is 24.3 Å². The van der Waals surface area contributed by atoms with Crippen molar-refractivity contribution in [3.05, 3.63) is 0 Å². The fraction of sp³-hybridized carbons (Fsp3) is 0.824. The molecule has 0 aliphatic carbocycles. The standard InChI is InChI=1S/C17H30O3/c1-3-4-5-6-7-8-9-10-11-12-13-14-15-16(18)17(19)20-2/h16,18H,3-10,13-15H2,1-2H3. The molecule has 0 saturated carbocycles. The average Bonchev–Trinajstić information content (AvgIpc) is 2.47. The minimum atomic E-state index is -0.995. The number of methoxy groups -OCH3 is 1. The topological polar surface area (TPSA) is 46.5 Å². The Kier molecular flexibility index (Phi) is 13.7. The summed E-state index contributed by atoms with van der Waals surface area (Å²) < 4.78 is 4.44. The molecule has 0 aliphatic heterocycles. The van der Waals surface area contributed by atoms with Crippen LogP contribution in [0.1, 0.15) is 77.6 Å². The highest BCUT2D eigenvalue weighted by molar-refractivity contribution is 5.74. The van der Waals surface area contributed by atoms with Crippen LogP contribution >= 0.6 is 0 Å². The summed E-state index contributed by atoms with van der Waals surface area (Å²) in [4.78, 5) is 10.9. The number of unbranched alkanes of at least 4 members (excludes halogenated alkanes) is 8. The first-order valence-corrected chi connectivity index (χ1v) is 7.94. The number of aliphatic hydroxyl groups is 1. The lowest BCUT2D eigenvalue weighted by molar-refractivity contribution is -0.150. The summed E-state index contributed by atoms with van der Waals surface area (Å²) in [7, 11) is 1.29. The first-order valence-electron chi connectivity index (χ1n) is 7.94. The van der Waals surface area contributed by atoms with E-state index in [4.69, 9.17) is 0 Å². The smallest absolute Gasteiger partial charge is 0.334 e. The molecule has 0 radical (unpaired) electrons. The van der Waals surface area contributed by atoms with Gasteiger partial charge in [-0.05, 0) is 19.3 Å². The first-order chi connectivity index (χ1) is 9.72. The van der Waals surface area contributed by atoms with Gasteiger partial charge in [0, 0.05) is 12.8 Å². The third-order valence-electron chi connectivity index (χ3n) is 3.28. The Morgan fingerprint density at radius 2 is 1.55 bits per heavy atom. The van der Waals surface area contributed by atoms with E-state index in [0.29, 0.717) is 6.42 Å². The van der Waals surface area contributed by atoms with Crippen molar-refractivity contribution in [2.45, 2.75) is 83.7 Å². The van der Waals surface area contributed by atoms with Gasteiger partial charge in [-0.15, -0.1) is 11.8 Å². The van der Waals surface area contributed by atoms with Crippen LogP contribution in [0.15, 0.2) is 0 Å². The number of rotatable bonds is 11. The molecule has 1 N–H and O–H groups in total. The molecule has 0 rings (SSSR count). The maximum Gasteiger partial charge on any atom is 0.334 e. The second-order valence-corrected chi connectivity index (χ2v) is 5.16. The Bertz CT molecular complexity index is 288. The average molecular weight is 282 g/mol. The molecule has 0 bridgehead atoms. The molecule has 0 aliphatic rings. The molecule has 1 atom stereocenters. The highest BCUT2D eigenvalue weighted by Gasteiger charge is 2.13. The van der Waals surface area contributed by atoms with Crippen molar-refractivity contribution >= 4 is 5.97 Å². The lowest BCUT2D eigenvalue weighted by Gasteiger charge is -2.05. The van der Waals surface area contributed by atoms with Crippen LogP contribution in [0.2, 0.25) is 0 Å². The monoisotopic (exact) mass is 282 g/mol. The van der Waals surface area contributed by atoms with E-state index >= 15 is 0 Å². The van der Waals surface area contributed by atoms with Gasteiger partial charge in [0.05, 0.1) is 7.11 Å². The van der Waals surface area contributed by atoms with Crippen molar-refractivity contribution < 1.29 is 14.6 Å². The molecule has 0 saturated heterocycles. The third-order valence-corrected chi connectivity index (χ3v) is 3.28. The second kappa shape index (κ2) is 14.4. The van der Waals surface area contributed by atoms with Crippen LogP contribution in [0, 0.1) is 11.8 Å². The maximum absolute atomic E-state index is 10.9. The third kappa shape index (κ3) is 12.0. The zero-order valence-corrected chi connectivity index (χ0v) is 13.1. The van der Waals surface area contributed by atoms with Gasteiger partial charge in [0.25, 0.3) is 0 Å². The van der Waals surface area contributed by atoms with Crippen molar-refractivity contribution in [1.82, 2.24) is 0 Å². The summed E-state index contributed by atoms with van der Waals surface area (Å²) in [5, 5.41) is 9.36. The van der Waals surface area contributed by atoms with Crippen LogP contribution in [0.25, 0.3) is 0 Å². The van der Waals surface area contributed by atoms with Gasteiger partial charge in [0.2, 0.25) is 0 Å². The van der Waals surface area contributed by atoms with Crippen molar-refractivity contribution in [2.75, 3.05) is 7.11 Å². The van der Waals surface area contributed by atoms with Gasteiger partial charge in [-0.2, -0.15) is 0 Å². The van der Waals surface area contributed by atoms with Gasteiger partial charge in [-0.3, -0.25) is 0 Å². The van der Waals surface area contributed by atoms with Crippen molar-refractivity contribution in [1.29, 1.82) is 0 Å². The number of carbonyl (C=O) groups is 1. The molecule has 3 nitrogen and oxygen atoms in total. The highest BCUT2D eigenvalue weighted by atomic mass is 16.5. The van der Waals surface area contributed by atoms with Crippen molar-refractivity contribution in [3.63, 3.8) is 0 Å². The minimum Gasteiger partial charge on any atom is -0.467 e. The number of aliphatic hydroxyl groups excluding tert-OH is 1. The summed E-state index contributed by atoms with van der Waals surface area (Å²) in [5.74, 6) is 5.70. The summed E-state index contributed by atoms with van der Waals surface area (Å²) in [5.41, 5.74) is 0. The highest BCUT2D eigenvalue weighted by Crippen LogP contribution is 2.08. The molecule has 3 heteroatoms. The summed E-state index contributed by atoms with van der Waals surface area (Å²) in [6.45, 7) is 2.24. The number of carbonyl (C=O) groups excluding carboxylic acids is 1. The fourth-order valence-corrected chi connectivity index (χ4v) is 1.98. The predicted octanol–water partition coefficient (Wildman–Crippen LogP) is 3.83. The van der Waals surface area contributed by atoms with E-state index in [1.54, 1.807) is 0 Å². The molecule has 0 amide bonds. The van der Waals surface area contributed by atoms with E-state index in [1.165, 1.54) is 52.1 Å². The van der Waals surface area contributed by atoms with Crippen molar-refractivity contribution in [2.24, 2.45) is 0 Å². The fourth-order valence-electron chi connectivity index (χ4n) is 1.98. The molecule has 0 heterocycles. The zero-order valence-electron chi connectivity index (χ0n) is 13.1. The van der Waals surface area contributed by atoms with Crippen molar-refractivity contribution in [3.8, 4) is 11.8 Å². The minimum absolute atomic E-state index is 0.429. The van der Waals surface area contributed by atoms with Gasteiger partial charge in [-0.25, -0.2) is 4.79 Å². The molecule has 116 valence electrons. The second-order valence-electron chi connectivity index (χ2n) is 5.16. The van der Waals surface area contributed by atoms with E-state index < -0.39 is 12.1 Å². The summed E-state index contributed by atoms with van der Waals surface area (Å²) >= 11 is 0.